The Bertz CT molecular complexity index is 3550. The van der Waals surface area contributed by atoms with Crippen LogP contribution in [0.4, 0.5) is 0 Å². The van der Waals surface area contributed by atoms with E-state index in [1.165, 1.54) is 48.7 Å². The molecule has 11 aromatic rings. The Labute approximate surface area is 368 Å². The van der Waals surface area contributed by atoms with E-state index in [0.717, 1.165) is 55.3 Å². The first kappa shape index (κ1) is 35.9. The van der Waals surface area contributed by atoms with Crippen LogP contribution in [0.15, 0.2) is 227 Å². The van der Waals surface area contributed by atoms with Crippen molar-refractivity contribution in [3.05, 3.63) is 235 Å². The molecule has 0 amide bonds. The third-order valence-electron chi connectivity index (χ3n) is 12.9. The Morgan fingerprint density at radius 2 is 0.794 bits per heavy atom. The molecule has 13 rings (SSSR count). The van der Waals surface area contributed by atoms with Gasteiger partial charge in [0.05, 0.1) is 5.41 Å². The van der Waals surface area contributed by atoms with E-state index >= 15 is 0 Å². The van der Waals surface area contributed by atoms with Gasteiger partial charge in [-0.15, -0.1) is 0 Å². The summed E-state index contributed by atoms with van der Waals surface area (Å²) in [4.78, 5) is 17.8. The van der Waals surface area contributed by atoms with Gasteiger partial charge in [0.25, 0.3) is 0 Å². The van der Waals surface area contributed by atoms with Gasteiger partial charge in [0, 0.05) is 42.8 Å². The van der Waals surface area contributed by atoms with E-state index in [4.69, 9.17) is 19.4 Å². The second kappa shape index (κ2) is 14.1. The van der Waals surface area contributed by atoms with Crippen molar-refractivity contribution >= 4 is 33.7 Å². The summed E-state index contributed by atoms with van der Waals surface area (Å²) in [5, 5.41) is 2.23. The quantitative estimate of drug-likeness (QED) is 0.173. The molecule has 294 valence electrons. The summed E-state index contributed by atoms with van der Waals surface area (Å²) < 4.78 is 6.37. The molecule has 0 radical (unpaired) electrons. The SMILES string of the molecule is c1ccc(-c2nc(-c3ccc(-c4cccc5c4Sc4ccccc4C54c5ccccc5-c5ccccc54)cc3)nc(-c3ccc(-c4cccc5c4oc4ccccc45)cc3)n2)cc1. The molecule has 63 heavy (non-hydrogen) atoms. The van der Waals surface area contributed by atoms with Crippen molar-refractivity contribution in [3.63, 3.8) is 0 Å². The fourth-order valence-electron chi connectivity index (χ4n) is 10.0. The number of furan rings is 1. The van der Waals surface area contributed by atoms with Gasteiger partial charge in [-0.3, -0.25) is 0 Å². The minimum absolute atomic E-state index is 0.422. The Morgan fingerprint density at radius 3 is 1.48 bits per heavy atom. The molecule has 1 spiro atoms. The molecule has 0 atom stereocenters. The summed E-state index contributed by atoms with van der Waals surface area (Å²) in [5.41, 5.74) is 16.5. The minimum atomic E-state index is -0.422. The maximum absolute atomic E-state index is 6.37. The molecule has 2 aliphatic rings. The number of nitrogens with zero attached hydrogens (tertiary/aromatic N) is 3. The number of hydrogen-bond acceptors (Lipinski definition) is 5. The van der Waals surface area contributed by atoms with Crippen molar-refractivity contribution in [3.8, 4) is 67.5 Å². The van der Waals surface area contributed by atoms with Crippen LogP contribution in [-0.2, 0) is 5.41 Å². The summed E-state index contributed by atoms with van der Waals surface area (Å²) in [7, 11) is 0. The van der Waals surface area contributed by atoms with E-state index in [1.807, 2.05) is 54.2 Å². The summed E-state index contributed by atoms with van der Waals surface area (Å²) in [6.07, 6.45) is 0. The van der Waals surface area contributed by atoms with E-state index < -0.39 is 5.41 Å². The van der Waals surface area contributed by atoms with Crippen molar-refractivity contribution in [2.75, 3.05) is 0 Å². The predicted octanol–water partition coefficient (Wildman–Crippen LogP) is 14.9. The Kier molecular flexibility index (Phi) is 8.02. The molecule has 0 unspecified atom stereocenters. The van der Waals surface area contributed by atoms with Crippen LogP contribution in [-0.4, -0.2) is 15.0 Å². The largest absolute Gasteiger partial charge is 0.455 e. The van der Waals surface area contributed by atoms with Crippen LogP contribution in [0, 0.1) is 0 Å². The summed E-state index contributed by atoms with van der Waals surface area (Å²) in [6, 6.07) is 75.6. The molecular weight excluding hydrogens is 787 g/mol. The van der Waals surface area contributed by atoms with E-state index in [1.54, 1.807) is 0 Å². The van der Waals surface area contributed by atoms with E-state index in [2.05, 4.69) is 170 Å². The summed E-state index contributed by atoms with van der Waals surface area (Å²) >= 11 is 1.88. The van der Waals surface area contributed by atoms with Gasteiger partial charge in [0.1, 0.15) is 11.2 Å². The molecular formula is C58H35N3OS. The number of aromatic nitrogens is 3. The molecule has 0 saturated carbocycles. The molecule has 5 heteroatoms. The van der Waals surface area contributed by atoms with Gasteiger partial charge >= 0.3 is 0 Å². The van der Waals surface area contributed by atoms with Gasteiger partial charge in [0.2, 0.25) is 0 Å². The van der Waals surface area contributed by atoms with Crippen molar-refractivity contribution in [2.45, 2.75) is 15.2 Å². The highest BCUT2D eigenvalue weighted by molar-refractivity contribution is 7.99. The number of hydrogen-bond donors (Lipinski definition) is 0. The summed E-state index contributed by atoms with van der Waals surface area (Å²) in [5.74, 6) is 1.87. The monoisotopic (exact) mass is 821 g/mol. The summed E-state index contributed by atoms with van der Waals surface area (Å²) in [6.45, 7) is 0. The third kappa shape index (κ3) is 5.46. The number of para-hydroxylation sites is 2. The Morgan fingerprint density at radius 1 is 0.333 bits per heavy atom. The lowest BCUT2D eigenvalue weighted by Crippen LogP contribution is -2.32. The van der Waals surface area contributed by atoms with Gasteiger partial charge < -0.3 is 4.42 Å². The molecule has 0 saturated heterocycles. The lowest BCUT2D eigenvalue weighted by molar-refractivity contribution is 0.670. The van der Waals surface area contributed by atoms with Crippen LogP contribution >= 0.6 is 11.8 Å². The normalized spacial score (nSPS) is 13.1. The first-order valence-corrected chi connectivity index (χ1v) is 22.1. The first-order chi connectivity index (χ1) is 31.2. The molecule has 0 bridgehead atoms. The fraction of sp³-hybridized carbons (Fsp3) is 0.0172. The van der Waals surface area contributed by atoms with Crippen molar-refractivity contribution in [2.24, 2.45) is 0 Å². The van der Waals surface area contributed by atoms with Gasteiger partial charge in [-0.1, -0.05) is 212 Å². The van der Waals surface area contributed by atoms with Crippen LogP contribution in [0.1, 0.15) is 22.3 Å². The smallest absolute Gasteiger partial charge is 0.164 e. The second-order valence-electron chi connectivity index (χ2n) is 16.2. The molecule has 1 aliphatic carbocycles. The van der Waals surface area contributed by atoms with Crippen LogP contribution in [0.5, 0.6) is 0 Å². The fourth-order valence-corrected chi connectivity index (χ4v) is 11.4. The van der Waals surface area contributed by atoms with Crippen molar-refractivity contribution < 1.29 is 4.42 Å². The average Bonchev–Trinajstić information content (AvgIpc) is 3.88. The lowest BCUT2D eigenvalue weighted by Gasteiger charge is -2.40. The Balaban J connectivity index is 0.903. The van der Waals surface area contributed by atoms with E-state index in [0.29, 0.717) is 17.5 Å². The highest BCUT2D eigenvalue weighted by Crippen LogP contribution is 2.63. The topological polar surface area (TPSA) is 51.8 Å². The standard InChI is InChI=1S/C58H35N3OS/c1-2-14-38(15-3-1)55-59-56(39-32-28-36(29-33-39)41-19-12-21-46-45-18-6-10-26-51(45)62-53(41)46)61-57(60-55)40-34-30-37(31-35-40)42-20-13-25-50-54(42)63-52-27-11-9-24-49(52)58(50)47-22-7-4-16-43(47)44-17-5-8-23-48(44)58/h1-35H. The first-order valence-electron chi connectivity index (χ1n) is 21.3. The van der Waals surface area contributed by atoms with Gasteiger partial charge in [0.15, 0.2) is 17.5 Å². The minimum Gasteiger partial charge on any atom is -0.455 e. The maximum Gasteiger partial charge on any atom is 0.164 e. The maximum atomic E-state index is 6.37. The number of rotatable bonds is 5. The molecule has 0 N–H and O–H groups in total. The van der Waals surface area contributed by atoms with E-state index in [9.17, 15) is 0 Å². The molecule has 1 aliphatic heterocycles. The van der Waals surface area contributed by atoms with Gasteiger partial charge in [-0.2, -0.15) is 0 Å². The molecule has 0 fully saturated rings. The Hall–Kier alpha value is -7.86. The number of fused-ring (bicyclic) bond motifs is 12. The average molecular weight is 822 g/mol. The van der Waals surface area contributed by atoms with Crippen LogP contribution in [0.25, 0.3) is 89.5 Å². The number of benzene rings is 9. The van der Waals surface area contributed by atoms with Gasteiger partial charge in [-0.25, -0.2) is 15.0 Å². The predicted molar refractivity (Wildman–Crippen MR) is 256 cm³/mol. The van der Waals surface area contributed by atoms with Crippen molar-refractivity contribution in [1.82, 2.24) is 15.0 Å². The van der Waals surface area contributed by atoms with Crippen molar-refractivity contribution in [1.29, 1.82) is 0 Å². The molecule has 2 aromatic heterocycles. The zero-order valence-electron chi connectivity index (χ0n) is 33.9. The second-order valence-corrected chi connectivity index (χ2v) is 17.3. The third-order valence-corrected chi connectivity index (χ3v) is 14.1. The zero-order chi connectivity index (χ0) is 41.5. The highest BCUT2D eigenvalue weighted by atomic mass is 32.2. The zero-order valence-corrected chi connectivity index (χ0v) is 34.7. The highest BCUT2D eigenvalue weighted by Gasteiger charge is 2.50. The van der Waals surface area contributed by atoms with E-state index in [-0.39, 0.29) is 0 Å². The lowest BCUT2D eigenvalue weighted by atomic mass is 9.67. The molecule has 4 nitrogen and oxygen atoms in total. The van der Waals surface area contributed by atoms with Crippen LogP contribution in [0.3, 0.4) is 0 Å². The molecule has 9 aromatic carbocycles. The van der Waals surface area contributed by atoms with Crippen LogP contribution in [0.2, 0.25) is 0 Å². The van der Waals surface area contributed by atoms with Crippen LogP contribution < -0.4 is 0 Å². The molecule has 3 heterocycles. The van der Waals surface area contributed by atoms with Gasteiger partial charge in [-0.05, 0) is 62.2 Å².